The molecule has 0 radical (unpaired) electrons. The highest BCUT2D eigenvalue weighted by Crippen LogP contribution is 2.22. The first-order valence-corrected chi connectivity index (χ1v) is 7.08. The summed E-state index contributed by atoms with van der Waals surface area (Å²) in [4.78, 5) is 24.9. The Morgan fingerprint density at radius 2 is 2.30 bits per heavy atom. The summed E-state index contributed by atoms with van der Waals surface area (Å²) in [5, 5.41) is 6.99. The third-order valence-electron chi connectivity index (χ3n) is 2.85. The van der Waals surface area contributed by atoms with Crippen LogP contribution in [0.25, 0.3) is 15.7 Å². The summed E-state index contributed by atoms with van der Waals surface area (Å²) < 4.78 is 7.89. The fourth-order valence-electron chi connectivity index (χ4n) is 2.06. The lowest BCUT2D eigenvalue weighted by molar-refractivity contribution is -0.148. The highest BCUT2D eigenvalue weighted by molar-refractivity contribution is 7.16. The maximum atomic E-state index is 12.3. The zero-order valence-electron chi connectivity index (χ0n) is 11.1. The van der Waals surface area contributed by atoms with E-state index in [1.165, 1.54) is 0 Å². The number of hydrogen-bond donors (Lipinski definition) is 0. The molecule has 0 aliphatic rings. The first-order chi connectivity index (χ1) is 9.56. The van der Waals surface area contributed by atoms with Crippen LogP contribution in [-0.4, -0.2) is 26.3 Å². The minimum atomic E-state index is -0.465. The van der Waals surface area contributed by atoms with Gasteiger partial charge >= 0.3 is 5.97 Å². The summed E-state index contributed by atoms with van der Waals surface area (Å²) >= 11 is 1.54. The van der Waals surface area contributed by atoms with Gasteiger partial charge in [-0.3, -0.25) is 14.0 Å². The first-order valence-electron chi connectivity index (χ1n) is 6.20. The first kappa shape index (κ1) is 12.9. The van der Waals surface area contributed by atoms with E-state index in [0.29, 0.717) is 5.52 Å². The van der Waals surface area contributed by atoms with Crippen molar-refractivity contribution in [3.63, 3.8) is 0 Å². The molecule has 0 aromatic carbocycles. The monoisotopic (exact) mass is 291 g/mol. The number of fused-ring (bicyclic) bond motifs is 3. The Labute approximate surface area is 118 Å². The van der Waals surface area contributed by atoms with E-state index >= 15 is 0 Å². The van der Waals surface area contributed by atoms with Crippen molar-refractivity contribution in [1.82, 2.24) is 14.2 Å². The van der Waals surface area contributed by atoms with Gasteiger partial charge in [-0.25, -0.2) is 4.68 Å². The van der Waals surface area contributed by atoms with Gasteiger partial charge in [0.25, 0.3) is 5.56 Å². The molecule has 0 amide bonds. The van der Waals surface area contributed by atoms with Crippen molar-refractivity contribution < 1.29 is 9.53 Å². The van der Waals surface area contributed by atoms with E-state index in [1.54, 1.807) is 42.0 Å². The predicted molar refractivity (Wildman–Crippen MR) is 76.1 cm³/mol. The van der Waals surface area contributed by atoms with Gasteiger partial charge < -0.3 is 4.74 Å². The van der Waals surface area contributed by atoms with E-state index in [9.17, 15) is 9.59 Å². The molecule has 104 valence electrons. The molecule has 3 rings (SSSR count). The normalized spacial score (nSPS) is 11.6. The Hall–Kier alpha value is -2.15. The van der Waals surface area contributed by atoms with Crippen molar-refractivity contribution in [2.45, 2.75) is 26.5 Å². The highest BCUT2D eigenvalue weighted by atomic mass is 32.1. The van der Waals surface area contributed by atoms with Crippen LogP contribution in [0.15, 0.2) is 28.6 Å². The maximum Gasteiger partial charge on any atom is 0.328 e. The molecule has 0 atom stereocenters. The lowest BCUT2D eigenvalue weighted by Crippen LogP contribution is -2.29. The summed E-state index contributed by atoms with van der Waals surface area (Å²) in [6.07, 6.45) is 1.35. The van der Waals surface area contributed by atoms with Crippen LogP contribution in [0.3, 0.4) is 0 Å². The van der Waals surface area contributed by atoms with Crippen molar-refractivity contribution in [1.29, 1.82) is 0 Å². The summed E-state index contributed by atoms with van der Waals surface area (Å²) in [5.74, 6) is -0.465. The van der Waals surface area contributed by atoms with Crippen molar-refractivity contribution in [2.24, 2.45) is 0 Å². The number of carbonyl (C=O) groups excluding carboxylic acids is 1. The zero-order valence-corrected chi connectivity index (χ0v) is 11.9. The third-order valence-corrected chi connectivity index (χ3v) is 3.78. The van der Waals surface area contributed by atoms with Gasteiger partial charge in [0.05, 0.1) is 6.10 Å². The topological polar surface area (TPSA) is 65.6 Å². The molecular formula is C13H13N3O3S. The van der Waals surface area contributed by atoms with Crippen LogP contribution >= 0.6 is 11.3 Å². The molecule has 0 aliphatic carbocycles. The molecule has 0 N–H and O–H groups in total. The Balaban J connectivity index is 2.02. The van der Waals surface area contributed by atoms with E-state index in [2.05, 4.69) is 5.10 Å². The molecular weight excluding hydrogens is 278 g/mol. The molecule has 3 aromatic heterocycles. The molecule has 20 heavy (non-hydrogen) atoms. The van der Waals surface area contributed by atoms with Crippen LogP contribution in [0.1, 0.15) is 13.8 Å². The van der Waals surface area contributed by atoms with Crippen molar-refractivity contribution in [3.8, 4) is 0 Å². The number of aromatic nitrogens is 3. The number of thiophene rings is 1. The molecule has 0 unspecified atom stereocenters. The summed E-state index contributed by atoms with van der Waals surface area (Å²) in [5.41, 5.74) is 0.218. The number of rotatable bonds is 3. The average Bonchev–Trinajstić information content (AvgIpc) is 2.92. The van der Waals surface area contributed by atoms with Gasteiger partial charge in [0.1, 0.15) is 23.2 Å². The molecule has 6 nitrogen and oxygen atoms in total. The van der Waals surface area contributed by atoms with E-state index in [-0.39, 0.29) is 18.2 Å². The second-order valence-corrected chi connectivity index (χ2v) is 5.61. The molecule has 0 saturated carbocycles. The molecule has 3 aromatic rings. The van der Waals surface area contributed by atoms with E-state index in [1.807, 2.05) is 11.4 Å². The van der Waals surface area contributed by atoms with Crippen LogP contribution in [-0.2, 0) is 16.1 Å². The highest BCUT2D eigenvalue weighted by Gasteiger charge is 2.13. The largest absolute Gasteiger partial charge is 0.462 e. The third kappa shape index (κ3) is 2.09. The van der Waals surface area contributed by atoms with Crippen LogP contribution in [0.2, 0.25) is 0 Å². The van der Waals surface area contributed by atoms with Gasteiger partial charge in [-0.1, -0.05) is 0 Å². The minimum Gasteiger partial charge on any atom is -0.462 e. The van der Waals surface area contributed by atoms with Crippen LogP contribution in [0.4, 0.5) is 0 Å². The van der Waals surface area contributed by atoms with Gasteiger partial charge in [-0.05, 0) is 31.4 Å². The lowest BCUT2D eigenvalue weighted by Gasteiger charge is -2.08. The van der Waals surface area contributed by atoms with Gasteiger partial charge in [0, 0.05) is 5.39 Å². The van der Waals surface area contributed by atoms with Gasteiger partial charge in [0.15, 0.2) is 0 Å². The lowest BCUT2D eigenvalue weighted by atomic mass is 10.4. The van der Waals surface area contributed by atoms with Crippen LogP contribution < -0.4 is 5.56 Å². The Morgan fingerprint density at radius 1 is 1.50 bits per heavy atom. The second kappa shape index (κ2) is 4.75. The molecule has 0 aliphatic heterocycles. The van der Waals surface area contributed by atoms with E-state index < -0.39 is 5.97 Å². The zero-order chi connectivity index (χ0) is 14.3. The Morgan fingerprint density at radius 3 is 3.05 bits per heavy atom. The van der Waals surface area contributed by atoms with Gasteiger partial charge in [-0.2, -0.15) is 5.10 Å². The Kier molecular flexibility index (Phi) is 3.06. The Bertz CT molecular complexity index is 843. The standard InChI is InChI=1S/C13H13N3O3S/c1-8(2)19-11(17)6-16-12(18)10-5-9-3-4-20-13(9)15(10)7-14-16/h3-5,7-8H,6H2,1-2H3. The fraction of sp³-hybridized carbons (Fsp3) is 0.308. The molecule has 0 bridgehead atoms. The number of esters is 1. The second-order valence-electron chi connectivity index (χ2n) is 4.71. The minimum absolute atomic E-state index is 0.174. The molecule has 7 heteroatoms. The van der Waals surface area contributed by atoms with Gasteiger partial charge in [-0.15, -0.1) is 11.3 Å². The van der Waals surface area contributed by atoms with Gasteiger partial charge in [0.2, 0.25) is 0 Å². The van der Waals surface area contributed by atoms with Crippen LogP contribution in [0, 0.1) is 0 Å². The predicted octanol–water partition coefficient (Wildman–Crippen LogP) is 1.66. The van der Waals surface area contributed by atoms with Crippen molar-refractivity contribution >= 4 is 33.0 Å². The molecule has 0 spiro atoms. The SMILES string of the molecule is CC(C)OC(=O)Cn1ncn2c(cc3ccsc32)c1=O. The molecule has 0 saturated heterocycles. The quantitative estimate of drug-likeness (QED) is 0.688. The van der Waals surface area contributed by atoms with E-state index in [4.69, 9.17) is 4.74 Å². The molecule has 0 fully saturated rings. The smallest absolute Gasteiger partial charge is 0.328 e. The number of nitrogens with zero attached hydrogens (tertiary/aromatic N) is 3. The number of carbonyl (C=O) groups is 1. The van der Waals surface area contributed by atoms with Crippen LogP contribution in [0.5, 0.6) is 0 Å². The van der Waals surface area contributed by atoms with E-state index in [0.717, 1.165) is 14.9 Å². The summed E-state index contributed by atoms with van der Waals surface area (Å²) in [6.45, 7) is 3.35. The fourth-order valence-corrected chi connectivity index (χ4v) is 2.92. The molecule has 3 heterocycles. The number of ether oxygens (including phenoxy) is 1. The average molecular weight is 291 g/mol. The van der Waals surface area contributed by atoms with Crippen molar-refractivity contribution in [2.75, 3.05) is 0 Å². The summed E-state index contributed by atoms with van der Waals surface area (Å²) in [6, 6.07) is 3.75. The van der Waals surface area contributed by atoms with Crippen molar-refractivity contribution in [3.05, 3.63) is 34.2 Å². The maximum absolute atomic E-state index is 12.3. The summed E-state index contributed by atoms with van der Waals surface area (Å²) in [7, 11) is 0. The number of hydrogen-bond acceptors (Lipinski definition) is 5.